The summed E-state index contributed by atoms with van der Waals surface area (Å²) >= 11 is 0. The Balaban J connectivity index is 1.79. The maximum atomic E-state index is 12.2. The van der Waals surface area contributed by atoms with Gasteiger partial charge < -0.3 is 10.1 Å². The van der Waals surface area contributed by atoms with Gasteiger partial charge in [-0.25, -0.2) is 5.43 Å². The highest BCUT2D eigenvalue weighted by molar-refractivity contribution is 6.01. The van der Waals surface area contributed by atoms with Gasteiger partial charge in [0.05, 0.1) is 12.5 Å². The fraction of sp³-hybridized carbons (Fsp3) is 0.550. The predicted octanol–water partition coefficient (Wildman–Crippen LogP) is 2.78. The van der Waals surface area contributed by atoms with Gasteiger partial charge in [0.15, 0.2) is 0 Å². The van der Waals surface area contributed by atoms with Crippen molar-refractivity contribution in [1.29, 1.82) is 0 Å². The maximum Gasteiger partial charge on any atom is 0.271 e. The summed E-state index contributed by atoms with van der Waals surface area (Å²) in [4.78, 5) is 24.1. The molecule has 2 N–H and O–H groups in total. The van der Waals surface area contributed by atoms with E-state index in [9.17, 15) is 9.59 Å². The van der Waals surface area contributed by atoms with Crippen molar-refractivity contribution >= 4 is 17.5 Å². The summed E-state index contributed by atoms with van der Waals surface area (Å²) in [7, 11) is 0. The molecule has 0 bridgehead atoms. The molecule has 26 heavy (non-hydrogen) atoms. The number of hydrazone groups is 1. The molecule has 1 aromatic carbocycles. The van der Waals surface area contributed by atoms with Gasteiger partial charge in [0.2, 0.25) is 5.91 Å². The quantitative estimate of drug-likeness (QED) is 0.605. The molecule has 0 saturated carbocycles. The number of amides is 2. The summed E-state index contributed by atoms with van der Waals surface area (Å²) < 4.78 is 5.46. The lowest BCUT2D eigenvalue weighted by Crippen LogP contribution is -2.33. The summed E-state index contributed by atoms with van der Waals surface area (Å²) in [6.45, 7) is 9.38. The van der Waals surface area contributed by atoms with Gasteiger partial charge in [0.1, 0.15) is 0 Å². The standard InChI is InChI=1S/C20H29N3O3/c1-14(12-18(24)21-13-17-6-5-11-26-17)22-23-19(25)15-7-9-16(10-8-15)20(2,3)4/h7-10,17H,5-6,11-13H2,1-4H3,(H,21,24)(H,23,25)/b22-14+. The first kappa shape index (κ1) is 20.1. The van der Waals surface area contributed by atoms with E-state index < -0.39 is 0 Å². The molecule has 6 heteroatoms. The molecular formula is C20H29N3O3. The minimum absolute atomic E-state index is 0.0423. The van der Waals surface area contributed by atoms with Crippen molar-refractivity contribution in [3.05, 3.63) is 35.4 Å². The maximum absolute atomic E-state index is 12.2. The van der Waals surface area contributed by atoms with Crippen molar-refractivity contribution in [1.82, 2.24) is 10.7 Å². The second kappa shape index (κ2) is 8.94. The van der Waals surface area contributed by atoms with Crippen LogP contribution in [0.2, 0.25) is 0 Å². The van der Waals surface area contributed by atoms with Gasteiger partial charge in [-0.05, 0) is 42.9 Å². The van der Waals surface area contributed by atoms with Gasteiger partial charge in [-0.2, -0.15) is 5.10 Å². The van der Waals surface area contributed by atoms with Gasteiger partial charge in [0, 0.05) is 24.4 Å². The average molecular weight is 359 g/mol. The van der Waals surface area contributed by atoms with Gasteiger partial charge >= 0.3 is 0 Å². The van der Waals surface area contributed by atoms with E-state index in [2.05, 4.69) is 36.6 Å². The van der Waals surface area contributed by atoms with Crippen molar-refractivity contribution in [2.45, 2.75) is 58.5 Å². The van der Waals surface area contributed by atoms with E-state index in [4.69, 9.17) is 4.74 Å². The first-order valence-corrected chi connectivity index (χ1v) is 9.08. The summed E-state index contributed by atoms with van der Waals surface area (Å²) in [5.41, 5.74) is 4.80. The Labute approximate surface area is 155 Å². The third-order valence-electron chi connectivity index (χ3n) is 4.33. The zero-order valence-electron chi connectivity index (χ0n) is 16.1. The van der Waals surface area contributed by atoms with Crippen LogP contribution in [0.15, 0.2) is 29.4 Å². The van der Waals surface area contributed by atoms with Crippen LogP contribution in [0, 0.1) is 0 Å². The summed E-state index contributed by atoms with van der Waals surface area (Å²) in [6, 6.07) is 7.47. The van der Waals surface area contributed by atoms with E-state index in [1.54, 1.807) is 19.1 Å². The number of hydrogen-bond acceptors (Lipinski definition) is 4. The molecule has 1 aliphatic heterocycles. The molecular weight excluding hydrogens is 330 g/mol. The van der Waals surface area contributed by atoms with Crippen LogP contribution in [0.3, 0.4) is 0 Å². The lowest BCUT2D eigenvalue weighted by molar-refractivity contribution is -0.120. The highest BCUT2D eigenvalue weighted by atomic mass is 16.5. The predicted molar refractivity (Wildman–Crippen MR) is 102 cm³/mol. The number of rotatable bonds is 6. The molecule has 1 saturated heterocycles. The number of hydrogen-bond donors (Lipinski definition) is 2. The average Bonchev–Trinajstić information content (AvgIpc) is 3.11. The molecule has 1 aliphatic rings. The van der Waals surface area contributed by atoms with E-state index in [0.717, 1.165) is 25.0 Å². The monoisotopic (exact) mass is 359 g/mol. The van der Waals surface area contributed by atoms with Crippen molar-refractivity contribution in [2.75, 3.05) is 13.2 Å². The van der Waals surface area contributed by atoms with Gasteiger partial charge in [-0.3, -0.25) is 9.59 Å². The molecule has 0 aromatic heterocycles. The highest BCUT2D eigenvalue weighted by Crippen LogP contribution is 2.22. The fourth-order valence-corrected chi connectivity index (χ4v) is 2.70. The highest BCUT2D eigenvalue weighted by Gasteiger charge is 2.16. The fourth-order valence-electron chi connectivity index (χ4n) is 2.70. The van der Waals surface area contributed by atoms with Crippen molar-refractivity contribution in [3.63, 3.8) is 0 Å². The Morgan fingerprint density at radius 2 is 1.92 bits per heavy atom. The normalized spacial score (nSPS) is 17.8. The molecule has 0 radical (unpaired) electrons. The lowest BCUT2D eigenvalue weighted by atomic mass is 9.87. The van der Waals surface area contributed by atoms with Crippen molar-refractivity contribution in [3.8, 4) is 0 Å². The molecule has 2 amide bonds. The van der Waals surface area contributed by atoms with Gasteiger partial charge in [-0.1, -0.05) is 32.9 Å². The van der Waals surface area contributed by atoms with E-state index in [-0.39, 0.29) is 29.8 Å². The SMILES string of the molecule is C/C(CC(=O)NCC1CCCO1)=N\NC(=O)c1ccc(C(C)(C)C)cc1. The topological polar surface area (TPSA) is 79.8 Å². The number of carbonyl (C=O) groups excluding carboxylic acids is 2. The van der Waals surface area contributed by atoms with E-state index in [1.807, 2.05) is 12.1 Å². The van der Waals surface area contributed by atoms with Crippen molar-refractivity contribution in [2.24, 2.45) is 5.10 Å². The second-order valence-corrected chi connectivity index (χ2v) is 7.73. The van der Waals surface area contributed by atoms with Crippen LogP contribution in [0.25, 0.3) is 0 Å². The number of nitrogens with one attached hydrogen (secondary N) is 2. The molecule has 1 heterocycles. The van der Waals surface area contributed by atoms with Crippen LogP contribution in [0.1, 0.15) is 62.9 Å². The molecule has 1 atom stereocenters. The molecule has 6 nitrogen and oxygen atoms in total. The number of carbonyl (C=O) groups is 2. The Morgan fingerprint density at radius 1 is 1.23 bits per heavy atom. The number of benzene rings is 1. The third kappa shape index (κ3) is 6.26. The molecule has 142 valence electrons. The largest absolute Gasteiger partial charge is 0.376 e. The van der Waals surface area contributed by atoms with E-state index in [0.29, 0.717) is 17.8 Å². The molecule has 1 unspecified atom stereocenters. The van der Waals surface area contributed by atoms with Gasteiger partial charge in [-0.15, -0.1) is 0 Å². The Hall–Kier alpha value is -2.21. The molecule has 0 spiro atoms. The lowest BCUT2D eigenvalue weighted by Gasteiger charge is -2.18. The second-order valence-electron chi connectivity index (χ2n) is 7.73. The van der Waals surface area contributed by atoms with Crippen LogP contribution in [0.4, 0.5) is 0 Å². The summed E-state index contributed by atoms with van der Waals surface area (Å²) in [6.07, 6.45) is 2.30. The van der Waals surface area contributed by atoms with Crippen LogP contribution >= 0.6 is 0 Å². The molecule has 1 fully saturated rings. The first-order valence-electron chi connectivity index (χ1n) is 9.08. The van der Waals surface area contributed by atoms with Crippen LogP contribution in [-0.2, 0) is 14.9 Å². The minimum Gasteiger partial charge on any atom is -0.376 e. The van der Waals surface area contributed by atoms with Crippen LogP contribution < -0.4 is 10.7 Å². The summed E-state index contributed by atoms with van der Waals surface area (Å²) in [5.74, 6) is -0.407. The van der Waals surface area contributed by atoms with Crippen molar-refractivity contribution < 1.29 is 14.3 Å². The smallest absolute Gasteiger partial charge is 0.271 e. The Kier molecular flexibility index (Phi) is 6.91. The Bertz CT molecular complexity index is 654. The van der Waals surface area contributed by atoms with Gasteiger partial charge in [0.25, 0.3) is 5.91 Å². The van der Waals surface area contributed by atoms with Crippen LogP contribution in [0.5, 0.6) is 0 Å². The Morgan fingerprint density at radius 3 is 2.50 bits per heavy atom. The van der Waals surface area contributed by atoms with Crippen LogP contribution in [-0.4, -0.2) is 36.8 Å². The zero-order chi connectivity index (χ0) is 19.2. The molecule has 0 aliphatic carbocycles. The minimum atomic E-state index is -0.287. The number of ether oxygens (including phenoxy) is 1. The third-order valence-corrected chi connectivity index (χ3v) is 4.33. The van der Waals surface area contributed by atoms with E-state index in [1.165, 1.54) is 0 Å². The molecule has 1 aromatic rings. The zero-order valence-corrected chi connectivity index (χ0v) is 16.1. The first-order chi connectivity index (χ1) is 12.3. The molecule has 2 rings (SSSR count). The summed E-state index contributed by atoms with van der Waals surface area (Å²) in [5, 5.41) is 6.85. The number of nitrogens with zero attached hydrogens (tertiary/aromatic N) is 1. The van der Waals surface area contributed by atoms with E-state index >= 15 is 0 Å².